The van der Waals surface area contributed by atoms with Crippen LogP contribution in [-0.2, 0) is 16.1 Å². The van der Waals surface area contributed by atoms with Crippen molar-refractivity contribution in [3.63, 3.8) is 0 Å². The lowest BCUT2D eigenvalue weighted by molar-refractivity contribution is -0.140. The maximum atomic E-state index is 10.8. The van der Waals surface area contributed by atoms with Gasteiger partial charge in [-0.3, -0.25) is 4.79 Å². The molecule has 0 saturated heterocycles. The molecule has 1 aromatic carbocycles. The van der Waals surface area contributed by atoms with Crippen LogP contribution in [0.1, 0.15) is 17.5 Å². The van der Waals surface area contributed by atoms with E-state index in [0.29, 0.717) is 13.0 Å². The van der Waals surface area contributed by atoms with E-state index in [1.54, 1.807) is 0 Å². The van der Waals surface area contributed by atoms with E-state index in [-0.39, 0.29) is 5.97 Å². The molecule has 0 atom stereocenters. The first kappa shape index (κ1) is 11.7. The van der Waals surface area contributed by atoms with E-state index in [9.17, 15) is 4.79 Å². The second-order valence-electron chi connectivity index (χ2n) is 3.49. The van der Waals surface area contributed by atoms with E-state index in [4.69, 9.17) is 0 Å². The highest BCUT2D eigenvalue weighted by Crippen LogP contribution is 2.02. The van der Waals surface area contributed by atoms with Gasteiger partial charge in [0.15, 0.2) is 0 Å². The Morgan fingerprint density at radius 3 is 2.60 bits per heavy atom. The minimum atomic E-state index is -0.175. The highest BCUT2D eigenvalue weighted by Gasteiger charge is 1.98. The minimum absolute atomic E-state index is 0.175. The number of methoxy groups -OCH3 is 1. The summed E-state index contributed by atoms with van der Waals surface area (Å²) < 4.78 is 4.54. The number of aryl methyl sites for hydroxylation is 1. The predicted octanol–water partition coefficient (Wildman–Crippen LogP) is 1.65. The Labute approximate surface area is 90.4 Å². The van der Waals surface area contributed by atoms with Gasteiger partial charge in [0.05, 0.1) is 13.5 Å². The molecule has 0 aromatic heterocycles. The van der Waals surface area contributed by atoms with Crippen molar-refractivity contribution in [3.05, 3.63) is 35.4 Å². The number of ether oxygens (including phenoxy) is 1. The Hall–Kier alpha value is -1.35. The molecule has 1 aromatic rings. The molecule has 0 fully saturated rings. The first-order chi connectivity index (χ1) is 7.22. The van der Waals surface area contributed by atoms with Crippen molar-refractivity contribution < 1.29 is 9.53 Å². The first-order valence-corrected chi connectivity index (χ1v) is 5.05. The third-order valence-corrected chi connectivity index (χ3v) is 2.18. The van der Waals surface area contributed by atoms with Crippen molar-refractivity contribution in [3.8, 4) is 0 Å². The standard InChI is InChI=1S/C12H17NO2/c1-10-3-5-11(6-4-10)9-13-8-7-12(14)15-2/h3-6,13H,7-9H2,1-2H3. The zero-order valence-corrected chi connectivity index (χ0v) is 9.25. The van der Waals surface area contributed by atoms with E-state index in [2.05, 4.69) is 41.2 Å². The molecule has 0 spiro atoms. The lowest BCUT2D eigenvalue weighted by Crippen LogP contribution is -2.18. The molecular weight excluding hydrogens is 190 g/mol. The average molecular weight is 207 g/mol. The molecule has 0 saturated carbocycles. The highest BCUT2D eigenvalue weighted by molar-refractivity contribution is 5.69. The third kappa shape index (κ3) is 4.61. The summed E-state index contributed by atoms with van der Waals surface area (Å²) in [5, 5.41) is 3.19. The fraction of sp³-hybridized carbons (Fsp3) is 0.417. The van der Waals surface area contributed by atoms with Crippen molar-refractivity contribution in [2.24, 2.45) is 0 Å². The molecule has 15 heavy (non-hydrogen) atoms. The van der Waals surface area contributed by atoms with Gasteiger partial charge < -0.3 is 10.1 Å². The topological polar surface area (TPSA) is 38.3 Å². The number of carbonyl (C=O) groups is 1. The zero-order valence-electron chi connectivity index (χ0n) is 9.25. The van der Waals surface area contributed by atoms with Crippen LogP contribution in [0.15, 0.2) is 24.3 Å². The van der Waals surface area contributed by atoms with E-state index in [1.807, 2.05) is 0 Å². The fourth-order valence-corrected chi connectivity index (χ4v) is 1.23. The predicted molar refractivity (Wildman–Crippen MR) is 59.5 cm³/mol. The Bertz CT molecular complexity index is 306. The van der Waals surface area contributed by atoms with Gasteiger partial charge in [-0.2, -0.15) is 0 Å². The average Bonchev–Trinajstić information content (AvgIpc) is 2.26. The Balaban J connectivity index is 2.20. The van der Waals surface area contributed by atoms with Gasteiger partial charge in [0.1, 0.15) is 0 Å². The lowest BCUT2D eigenvalue weighted by atomic mass is 10.1. The molecule has 0 heterocycles. The van der Waals surface area contributed by atoms with Crippen LogP contribution in [0.3, 0.4) is 0 Å². The van der Waals surface area contributed by atoms with Gasteiger partial charge in [-0.25, -0.2) is 0 Å². The van der Waals surface area contributed by atoms with Gasteiger partial charge in [0.2, 0.25) is 0 Å². The van der Waals surface area contributed by atoms with Crippen LogP contribution in [0.25, 0.3) is 0 Å². The van der Waals surface area contributed by atoms with Crippen molar-refractivity contribution in [2.75, 3.05) is 13.7 Å². The molecular formula is C12H17NO2. The molecule has 82 valence electrons. The smallest absolute Gasteiger partial charge is 0.306 e. The van der Waals surface area contributed by atoms with Gasteiger partial charge in [-0.15, -0.1) is 0 Å². The van der Waals surface area contributed by atoms with Gasteiger partial charge in [0.25, 0.3) is 0 Å². The van der Waals surface area contributed by atoms with E-state index < -0.39 is 0 Å². The van der Waals surface area contributed by atoms with Crippen LogP contribution < -0.4 is 5.32 Å². The molecule has 0 aliphatic rings. The summed E-state index contributed by atoms with van der Waals surface area (Å²) in [7, 11) is 1.41. The van der Waals surface area contributed by atoms with Crippen molar-refractivity contribution in [1.82, 2.24) is 5.32 Å². The van der Waals surface area contributed by atoms with Crippen LogP contribution in [0.4, 0.5) is 0 Å². The molecule has 3 heteroatoms. The number of esters is 1. The van der Waals surface area contributed by atoms with Crippen LogP contribution in [0.2, 0.25) is 0 Å². The lowest BCUT2D eigenvalue weighted by Gasteiger charge is -2.04. The summed E-state index contributed by atoms with van der Waals surface area (Å²) in [6.45, 7) is 3.51. The summed E-state index contributed by atoms with van der Waals surface area (Å²) in [5.74, 6) is -0.175. The fourth-order valence-electron chi connectivity index (χ4n) is 1.23. The quantitative estimate of drug-likeness (QED) is 0.589. The van der Waals surface area contributed by atoms with E-state index in [0.717, 1.165) is 6.54 Å². The molecule has 0 radical (unpaired) electrons. The van der Waals surface area contributed by atoms with Crippen molar-refractivity contribution in [2.45, 2.75) is 19.9 Å². The van der Waals surface area contributed by atoms with Gasteiger partial charge >= 0.3 is 5.97 Å². The summed E-state index contributed by atoms with van der Waals surface area (Å²) in [6.07, 6.45) is 0.419. The molecule has 3 nitrogen and oxygen atoms in total. The van der Waals surface area contributed by atoms with Crippen molar-refractivity contribution >= 4 is 5.97 Å². The Morgan fingerprint density at radius 1 is 1.33 bits per heavy atom. The number of hydrogen-bond acceptors (Lipinski definition) is 3. The second-order valence-corrected chi connectivity index (χ2v) is 3.49. The Kier molecular flexibility index (Phi) is 4.84. The van der Waals surface area contributed by atoms with Crippen LogP contribution in [0, 0.1) is 6.92 Å². The third-order valence-electron chi connectivity index (χ3n) is 2.18. The SMILES string of the molecule is COC(=O)CCNCc1ccc(C)cc1. The van der Waals surface area contributed by atoms with Crippen LogP contribution >= 0.6 is 0 Å². The first-order valence-electron chi connectivity index (χ1n) is 5.05. The molecule has 0 bridgehead atoms. The number of nitrogens with one attached hydrogen (secondary N) is 1. The maximum Gasteiger partial charge on any atom is 0.306 e. The van der Waals surface area contributed by atoms with Crippen LogP contribution in [0.5, 0.6) is 0 Å². The summed E-state index contributed by atoms with van der Waals surface area (Å²) >= 11 is 0. The monoisotopic (exact) mass is 207 g/mol. The summed E-state index contributed by atoms with van der Waals surface area (Å²) in [4.78, 5) is 10.8. The maximum absolute atomic E-state index is 10.8. The molecule has 1 rings (SSSR count). The van der Waals surface area contributed by atoms with Gasteiger partial charge in [-0.1, -0.05) is 29.8 Å². The van der Waals surface area contributed by atoms with Gasteiger partial charge in [-0.05, 0) is 12.5 Å². The number of benzene rings is 1. The van der Waals surface area contributed by atoms with Gasteiger partial charge in [0, 0.05) is 13.1 Å². The van der Waals surface area contributed by atoms with Crippen LogP contribution in [-0.4, -0.2) is 19.6 Å². The van der Waals surface area contributed by atoms with E-state index in [1.165, 1.54) is 18.2 Å². The number of carbonyl (C=O) groups excluding carboxylic acids is 1. The van der Waals surface area contributed by atoms with Crippen molar-refractivity contribution in [1.29, 1.82) is 0 Å². The molecule has 0 aliphatic heterocycles. The number of hydrogen-bond donors (Lipinski definition) is 1. The molecule has 0 amide bonds. The molecule has 1 N–H and O–H groups in total. The zero-order chi connectivity index (χ0) is 11.1. The normalized spacial score (nSPS) is 10.0. The number of rotatable bonds is 5. The van der Waals surface area contributed by atoms with E-state index >= 15 is 0 Å². The summed E-state index contributed by atoms with van der Waals surface area (Å²) in [6, 6.07) is 8.33. The molecule has 0 unspecified atom stereocenters. The minimum Gasteiger partial charge on any atom is -0.469 e. The Morgan fingerprint density at radius 2 is 2.00 bits per heavy atom. The summed E-state index contributed by atoms with van der Waals surface area (Å²) in [5.41, 5.74) is 2.48. The highest BCUT2D eigenvalue weighted by atomic mass is 16.5. The molecule has 0 aliphatic carbocycles. The second kappa shape index (κ2) is 6.19. The largest absolute Gasteiger partial charge is 0.469 e.